The van der Waals surface area contributed by atoms with Gasteiger partial charge >= 0.3 is 6.18 Å². The number of hydrogen-bond donors (Lipinski definition) is 1. The van der Waals surface area contributed by atoms with E-state index in [9.17, 15) is 18.0 Å². The Morgan fingerprint density at radius 1 is 1.35 bits per heavy atom. The second-order valence-electron chi connectivity index (χ2n) is 4.51. The van der Waals surface area contributed by atoms with Gasteiger partial charge in [0.2, 0.25) is 5.91 Å². The third kappa shape index (κ3) is 4.92. The lowest BCUT2D eigenvalue weighted by molar-refractivity contribution is -0.137. The van der Waals surface area contributed by atoms with Gasteiger partial charge in [0.1, 0.15) is 0 Å². The summed E-state index contributed by atoms with van der Waals surface area (Å²) >= 11 is 5.79. The van der Waals surface area contributed by atoms with Crippen molar-refractivity contribution >= 4 is 23.2 Å². The summed E-state index contributed by atoms with van der Waals surface area (Å²) in [7, 11) is 3.34. The maximum Gasteiger partial charge on any atom is 0.416 e. The monoisotopic (exact) mass is 308 g/mol. The second-order valence-corrected chi connectivity index (χ2v) is 4.92. The Morgan fingerprint density at radius 3 is 2.50 bits per heavy atom. The Hall–Kier alpha value is -1.43. The summed E-state index contributed by atoms with van der Waals surface area (Å²) in [4.78, 5) is 12.8. The number of nitrogens with one attached hydrogen (secondary N) is 1. The number of carbonyl (C=O) groups excluding carboxylic acids is 1. The van der Waals surface area contributed by atoms with Crippen LogP contribution in [0.15, 0.2) is 18.2 Å². The average Bonchev–Trinajstić information content (AvgIpc) is 2.34. The molecule has 0 fully saturated rings. The summed E-state index contributed by atoms with van der Waals surface area (Å²) in [5, 5.41) is 2.93. The molecule has 7 heteroatoms. The number of amides is 1. The molecule has 1 aromatic rings. The topological polar surface area (TPSA) is 32.3 Å². The fourth-order valence-corrected chi connectivity index (χ4v) is 1.77. The first-order valence-electron chi connectivity index (χ1n) is 6.02. The number of hydrogen-bond acceptors (Lipinski definition) is 2. The summed E-state index contributed by atoms with van der Waals surface area (Å²) in [6.07, 6.45) is -3.45. The van der Waals surface area contributed by atoms with Crippen LogP contribution in [-0.2, 0) is 11.0 Å². The fourth-order valence-electron chi connectivity index (χ4n) is 1.52. The number of nitrogens with zero attached hydrogens (tertiary/aromatic N) is 1. The van der Waals surface area contributed by atoms with Crippen molar-refractivity contribution in [2.75, 3.05) is 26.0 Å². The van der Waals surface area contributed by atoms with Crippen LogP contribution in [0.4, 0.5) is 18.9 Å². The summed E-state index contributed by atoms with van der Waals surface area (Å²) in [5.74, 6) is 0.00492. The molecule has 0 heterocycles. The minimum atomic E-state index is -4.40. The van der Waals surface area contributed by atoms with E-state index in [2.05, 4.69) is 5.32 Å². The highest BCUT2D eigenvalue weighted by Gasteiger charge is 2.30. The molecule has 1 amide bonds. The molecule has 0 atom stereocenters. The zero-order chi connectivity index (χ0) is 15.3. The Labute approximate surface area is 120 Å². The second kappa shape index (κ2) is 6.83. The van der Waals surface area contributed by atoms with Crippen LogP contribution < -0.4 is 5.32 Å². The van der Waals surface area contributed by atoms with Crippen molar-refractivity contribution in [1.82, 2.24) is 4.90 Å². The first-order chi connectivity index (χ1) is 9.21. The Kier molecular flexibility index (Phi) is 5.68. The lowest BCUT2D eigenvalue weighted by Gasteiger charge is -2.13. The van der Waals surface area contributed by atoms with E-state index >= 15 is 0 Å². The highest BCUT2D eigenvalue weighted by Crippen LogP contribution is 2.33. The number of alkyl halides is 3. The van der Waals surface area contributed by atoms with Gasteiger partial charge in [0.25, 0.3) is 0 Å². The van der Waals surface area contributed by atoms with E-state index in [1.807, 2.05) is 0 Å². The summed E-state index contributed by atoms with van der Waals surface area (Å²) in [6, 6.07) is 3.15. The number of carbonyl (C=O) groups is 1. The first-order valence-corrected chi connectivity index (χ1v) is 6.40. The van der Waals surface area contributed by atoms with Crippen molar-refractivity contribution in [3.05, 3.63) is 28.8 Å². The molecule has 1 rings (SSSR count). The molecule has 1 aromatic carbocycles. The van der Waals surface area contributed by atoms with Gasteiger partial charge in [-0.05, 0) is 24.6 Å². The van der Waals surface area contributed by atoms with E-state index < -0.39 is 11.7 Å². The van der Waals surface area contributed by atoms with Crippen LogP contribution in [-0.4, -0.2) is 31.4 Å². The average molecular weight is 309 g/mol. The van der Waals surface area contributed by atoms with Crippen LogP contribution in [0.5, 0.6) is 0 Å². The Balaban J connectivity index is 2.51. The van der Waals surface area contributed by atoms with Gasteiger partial charge < -0.3 is 10.2 Å². The quantitative estimate of drug-likeness (QED) is 0.842. The van der Waals surface area contributed by atoms with Crippen molar-refractivity contribution in [2.24, 2.45) is 0 Å². The summed E-state index contributed by atoms with van der Waals surface area (Å²) in [5.41, 5.74) is -0.354. The number of benzene rings is 1. The maximum absolute atomic E-state index is 12.4. The minimum absolute atomic E-state index is 0.00492. The van der Waals surface area contributed by atoms with E-state index in [4.69, 9.17) is 11.6 Å². The van der Waals surface area contributed by atoms with E-state index in [1.54, 1.807) is 14.1 Å². The van der Waals surface area contributed by atoms with E-state index in [1.165, 1.54) is 11.0 Å². The predicted molar refractivity (Wildman–Crippen MR) is 72.9 cm³/mol. The number of rotatable bonds is 5. The molecule has 0 spiro atoms. The number of anilines is 1. The van der Waals surface area contributed by atoms with Gasteiger partial charge in [-0.1, -0.05) is 11.6 Å². The molecule has 0 saturated carbocycles. The third-order valence-corrected chi connectivity index (χ3v) is 2.99. The largest absolute Gasteiger partial charge is 0.416 e. The van der Waals surface area contributed by atoms with Crippen molar-refractivity contribution < 1.29 is 18.0 Å². The molecule has 1 N–H and O–H groups in total. The minimum Gasteiger partial charge on any atom is -0.384 e. The van der Waals surface area contributed by atoms with Crippen LogP contribution in [0.25, 0.3) is 0 Å². The molecule has 0 bridgehead atoms. The third-order valence-electron chi connectivity index (χ3n) is 2.68. The Morgan fingerprint density at radius 2 is 2.00 bits per heavy atom. The zero-order valence-corrected chi connectivity index (χ0v) is 12.0. The van der Waals surface area contributed by atoms with E-state index in [-0.39, 0.29) is 10.9 Å². The van der Waals surface area contributed by atoms with Gasteiger partial charge in [-0.2, -0.15) is 13.2 Å². The van der Waals surface area contributed by atoms with Crippen molar-refractivity contribution in [3.63, 3.8) is 0 Å². The summed E-state index contributed by atoms with van der Waals surface area (Å²) in [6.45, 7) is 0.463. The van der Waals surface area contributed by atoms with Crippen molar-refractivity contribution in [2.45, 2.75) is 19.0 Å². The molecule has 0 unspecified atom stereocenters. The van der Waals surface area contributed by atoms with Gasteiger partial charge in [-0.3, -0.25) is 4.79 Å². The molecular weight excluding hydrogens is 293 g/mol. The molecule has 0 aliphatic carbocycles. The predicted octanol–water partition coefficient (Wildman–Crippen LogP) is 3.64. The highest BCUT2D eigenvalue weighted by atomic mass is 35.5. The molecule has 0 saturated heterocycles. The smallest absolute Gasteiger partial charge is 0.384 e. The summed E-state index contributed by atoms with van der Waals surface area (Å²) < 4.78 is 37.3. The van der Waals surface area contributed by atoms with Crippen LogP contribution >= 0.6 is 11.6 Å². The van der Waals surface area contributed by atoms with E-state index in [0.29, 0.717) is 25.1 Å². The molecule has 20 heavy (non-hydrogen) atoms. The normalized spacial score (nSPS) is 11.3. The fraction of sp³-hybridized carbons (Fsp3) is 0.462. The van der Waals surface area contributed by atoms with Gasteiger partial charge in [0.05, 0.1) is 16.3 Å². The van der Waals surface area contributed by atoms with Crippen LogP contribution in [0, 0.1) is 0 Å². The maximum atomic E-state index is 12.4. The van der Waals surface area contributed by atoms with Crippen molar-refractivity contribution in [3.8, 4) is 0 Å². The molecule has 0 aliphatic heterocycles. The lowest BCUT2D eigenvalue weighted by atomic mass is 10.2. The van der Waals surface area contributed by atoms with Gasteiger partial charge in [-0.15, -0.1) is 0 Å². The standard InChI is InChI=1S/C13H16ClF3N2O/c1-19(2)12(20)4-3-7-18-11-6-5-9(8-10(11)14)13(15,16)17/h5-6,8,18H,3-4,7H2,1-2H3. The zero-order valence-electron chi connectivity index (χ0n) is 11.2. The Bertz CT molecular complexity index is 475. The lowest BCUT2D eigenvalue weighted by Crippen LogP contribution is -2.22. The van der Waals surface area contributed by atoms with Crippen molar-refractivity contribution in [1.29, 1.82) is 0 Å². The molecule has 112 valence electrons. The molecule has 0 radical (unpaired) electrons. The number of halogens is 4. The van der Waals surface area contributed by atoms with Crippen LogP contribution in [0.3, 0.4) is 0 Å². The SMILES string of the molecule is CN(C)C(=O)CCCNc1ccc(C(F)(F)F)cc1Cl. The van der Waals surface area contributed by atoms with Gasteiger partial charge in [0.15, 0.2) is 0 Å². The molecule has 3 nitrogen and oxygen atoms in total. The molecule has 0 aliphatic rings. The highest BCUT2D eigenvalue weighted by molar-refractivity contribution is 6.33. The van der Waals surface area contributed by atoms with Crippen LogP contribution in [0.1, 0.15) is 18.4 Å². The van der Waals surface area contributed by atoms with Crippen LogP contribution in [0.2, 0.25) is 5.02 Å². The molecular formula is C13H16ClF3N2O. The first kappa shape index (κ1) is 16.6. The van der Waals surface area contributed by atoms with Gasteiger partial charge in [0, 0.05) is 27.1 Å². The van der Waals surface area contributed by atoms with Gasteiger partial charge in [-0.25, -0.2) is 0 Å². The molecule has 0 aromatic heterocycles. The van der Waals surface area contributed by atoms with E-state index in [0.717, 1.165) is 12.1 Å².